The highest BCUT2D eigenvalue weighted by atomic mass is 16.3. The summed E-state index contributed by atoms with van der Waals surface area (Å²) in [6.45, 7) is 8.33. The highest BCUT2D eigenvalue weighted by Gasteiger charge is 2.36. The summed E-state index contributed by atoms with van der Waals surface area (Å²) in [5.41, 5.74) is -1.56. The number of carbonyl (C=O) groups excluding carboxylic acids is 2. The predicted octanol–water partition coefficient (Wildman–Crippen LogP) is -0.306. The van der Waals surface area contributed by atoms with Crippen molar-refractivity contribution in [1.82, 2.24) is 9.80 Å². The second kappa shape index (κ2) is 6.10. The first kappa shape index (κ1) is 16.9. The van der Waals surface area contributed by atoms with Crippen molar-refractivity contribution in [3.05, 3.63) is 0 Å². The Bertz CT molecular complexity index is 335. The lowest BCUT2D eigenvalue weighted by Gasteiger charge is -2.40. The normalized spacial score (nSPS) is 17.3. The number of aliphatic hydroxyl groups excluding tert-OH is 2. The van der Waals surface area contributed by atoms with Crippen molar-refractivity contribution in [2.75, 3.05) is 39.4 Å². The van der Waals surface area contributed by atoms with Gasteiger partial charge in [-0.15, -0.1) is 0 Å². The van der Waals surface area contributed by atoms with Crippen LogP contribution in [0.5, 0.6) is 0 Å². The third-order valence-electron chi connectivity index (χ3n) is 3.80. The molecule has 1 heterocycles. The Kier molecular flexibility index (Phi) is 5.15. The van der Waals surface area contributed by atoms with Gasteiger partial charge in [-0.25, -0.2) is 0 Å². The van der Waals surface area contributed by atoms with Crippen LogP contribution < -0.4 is 0 Å². The van der Waals surface area contributed by atoms with Crippen LogP contribution >= 0.6 is 0 Å². The van der Waals surface area contributed by atoms with Gasteiger partial charge in [0.2, 0.25) is 11.8 Å². The molecule has 0 aliphatic carbocycles. The van der Waals surface area contributed by atoms with Crippen LogP contribution in [0.1, 0.15) is 27.7 Å². The maximum absolute atomic E-state index is 12.2. The topological polar surface area (TPSA) is 81.1 Å². The lowest BCUT2D eigenvalue weighted by molar-refractivity contribution is -0.151. The fourth-order valence-corrected chi connectivity index (χ4v) is 2.10. The van der Waals surface area contributed by atoms with E-state index in [0.29, 0.717) is 26.2 Å². The first-order valence-electron chi connectivity index (χ1n) is 6.96. The fourth-order valence-electron chi connectivity index (χ4n) is 2.10. The van der Waals surface area contributed by atoms with Crippen LogP contribution in [0, 0.1) is 10.8 Å². The molecule has 0 atom stereocenters. The Hall–Kier alpha value is -1.14. The van der Waals surface area contributed by atoms with Crippen molar-refractivity contribution < 1.29 is 19.8 Å². The zero-order valence-corrected chi connectivity index (χ0v) is 12.8. The van der Waals surface area contributed by atoms with Gasteiger partial charge in [-0.3, -0.25) is 9.59 Å². The number of rotatable bonds is 4. The minimum absolute atomic E-state index is 0.0893. The highest BCUT2D eigenvalue weighted by Crippen LogP contribution is 2.22. The Morgan fingerprint density at radius 3 is 1.25 bits per heavy atom. The molecule has 2 N–H and O–H groups in total. The quantitative estimate of drug-likeness (QED) is 0.743. The summed E-state index contributed by atoms with van der Waals surface area (Å²) < 4.78 is 0. The van der Waals surface area contributed by atoms with Crippen molar-refractivity contribution >= 4 is 11.8 Å². The molecule has 0 radical (unpaired) electrons. The molecule has 116 valence electrons. The SMILES string of the molecule is CC(C)(CO)C(=O)N1CCN(C(=O)C(C)(C)CO)CC1. The van der Waals surface area contributed by atoms with Gasteiger partial charge in [0, 0.05) is 26.2 Å². The first-order chi connectivity index (χ1) is 9.15. The molecule has 1 fully saturated rings. The van der Waals surface area contributed by atoms with E-state index in [0.717, 1.165) is 0 Å². The van der Waals surface area contributed by atoms with Crippen LogP contribution in [0.4, 0.5) is 0 Å². The van der Waals surface area contributed by atoms with Gasteiger partial charge in [0.25, 0.3) is 0 Å². The van der Waals surface area contributed by atoms with Gasteiger partial charge in [-0.1, -0.05) is 0 Å². The smallest absolute Gasteiger partial charge is 0.230 e. The molecule has 6 heteroatoms. The van der Waals surface area contributed by atoms with E-state index in [-0.39, 0.29) is 25.0 Å². The van der Waals surface area contributed by atoms with Crippen molar-refractivity contribution in [3.63, 3.8) is 0 Å². The molecule has 0 aromatic heterocycles. The predicted molar refractivity (Wildman–Crippen MR) is 74.9 cm³/mol. The highest BCUT2D eigenvalue weighted by molar-refractivity contribution is 5.84. The molecule has 1 aliphatic heterocycles. The van der Waals surface area contributed by atoms with Crippen molar-refractivity contribution in [3.8, 4) is 0 Å². The summed E-state index contributed by atoms with van der Waals surface area (Å²) in [5.74, 6) is -0.179. The standard InChI is InChI=1S/C14H26N2O4/c1-13(2,9-17)11(19)15-5-7-16(8-6-15)12(20)14(3,4)10-18/h17-18H,5-10H2,1-4H3. The third kappa shape index (κ3) is 3.49. The molecule has 2 amide bonds. The van der Waals surface area contributed by atoms with E-state index in [1.165, 1.54) is 0 Å². The second-order valence-electron chi connectivity index (χ2n) is 6.67. The van der Waals surface area contributed by atoms with Crippen LogP contribution in [0.15, 0.2) is 0 Å². The van der Waals surface area contributed by atoms with E-state index < -0.39 is 10.8 Å². The van der Waals surface area contributed by atoms with E-state index in [2.05, 4.69) is 0 Å². The average Bonchev–Trinajstić information content (AvgIpc) is 2.45. The molecule has 0 bridgehead atoms. The van der Waals surface area contributed by atoms with Crippen molar-refractivity contribution in [2.24, 2.45) is 10.8 Å². The minimum atomic E-state index is -0.781. The molecule has 0 unspecified atom stereocenters. The number of hydrogen-bond donors (Lipinski definition) is 2. The van der Waals surface area contributed by atoms with E-state index in [1.54, 1.807) is 37.5 Å². The minimum Gasteiger partial charge on any atom is -0.395 e. The van der Waals surface area contributed by atoms with Crippen LogP contribution in [0.2, 0.25) is 0 Å². The van der Waals surface area contributed by atoms with Gasteiger partial charge in [0.15, 0.2) is 0 Å². The summed E-state index contributed by atoms with van der Waals surface area (Å²) in [4.78, 5) is 27.8. The maximum atomic E-state index is 12.2. The third-order valence-corrected chi connectivity index (χ3v) is 3.80. The molecular formula is C14H26N2O4. The number of hydrogen-bond acceptors (Lipinski definition) is 4. The molecule has 0 aromatic rings. The zero-order chi connectivity index (χ0) is 15.6. The summed E-state index contributed by atoms with van der Waals surface area (Å²) in [6.07, 6.45) is 0. The van der Waals surface area contributed by atoms with Gasteiger partial charge < -0.3 is 20.0 Å². The Labute approximate surface area is 120 Å². The second-order valence-corrected chi connectivity index (χ2v) is 6.67. The molecule has 1 aliphatic rings. The molecule has 20 heavy (non-hydrogen) atoms. The number of aliphatic hydroxyl groups is 2. The van der Waals surface area contributed by atoms with Gasteiger partial charge in [-0.2, -0.15) is 0 Å². The van der Waals surface area contributed by atoms with Crippen LogP contribution in [0.25, 0.3) is 0 Å². The molecule has 1 rings (SSSR count). The van der Waals surface area contributed by atoms with Crippen LogP contribution in [0.3, 0.4) is 0 Å². The van der Waals surface area contributed by atoms with Gasteiger partial charge in [0.05, 0.1) is 24.0 Å². The summed E-state index contributed by atoms with van der Waals surface area (Å²) in [7, 11) is 0. The molecule has 6 nitrogen and oxygen atoms in total. The summed E-state index contributed by atoms with van der Waals surface area (Å²) in [6, 6.07) is 0. The average molecular weight is 286 g/mol. The number of piperazine rings is 1. The lowest BCUT2D eigenvalue weighted by Crippen LogP contribution is -2.56. The van der Waals surface area contributed by atoms with E-state index in [9.17, 15) is 19.8 Å². The van der Waals surface area contributed by atoms with Crippen LogP contribution in [-0.4, -0.2) is 71.2 Å². The van der Waals surface area contributed by atoms with E-state index in [4.69, 9.17) is 0 Å². The number of nitrogens with zero attached hydrogens (tertiary/aromatic N) is 2. The number of carbonyl (C=O) groups is 2. The van der Waals surface area contributed by atoms with Gasteiger partial charge in [-0.05, 0) is 27.7 Å². The van der Waals surface area contributed by atoms with E-state index in [1.807, 2.05) is 0 Å². The molecule has 0 saturated carbocycles. The summed E-state index contributed by atoms with van der Waals surface area (Å²) >= 11 is 0. The van der Waals surface area contributed by atoms with Crippen LogP contribution in [-0.2, 0) is 9.59 Å². The Balaban J connectivity index is 2.61. The van der Waals surface area contributed by atoms with Gasteiger partial charge >= 0.3 is 0 Å². The Morgan fingerprint density at radius 2 is 1.05 bits per heavy atom. The molecule has 0 spiro atoms. The monoisotopic (exact) mass is 286 g/mol. The largest absolute Gasteiger partial charge is 0.395 e. The lowest BCUT2D eigenvalue weighted by atomic mass is 9.91. The Morgan fingerprint density at radius 1 is 0.800 bits per heavy atom. The molecule has 0 aromatic carbocycles. The van der Waals surface area contributed by atoms with Crippen molar-refractivity contribution in [2.45, 2.75) is 27.7 Å². The summed E-state index contributed by atoms with van der Waals surface area (Å²) in [5, 5.41) is 18.5. The van der Waals surface area contributed by atoms with Gasteiger partial charge in [0.1, 0.15) is 0 Å². The zero-order valence-electron chi connectivity index (χ0n) is 12.8. The molecule has 1 saturated heterocycles. The number of amides is 2. The fraction of sp³-hybridized carbons (Fsp3) is 0.857. The van der Waals surface area contributed by atoms with Crippen molar-refractivity contribution in [1.29, 1.82) is 0 Å². The van der Waals surface area contributed by atoms with E-state index >= 15 is 0 Å². The first-order valence-corrected chi connectivity index (χ1v) is 6.96. The molecular weight excluding hydrogens is 260 g/mol. The maximum Gasteiger partial charge on any atom is 0.230 e.